The molecule has 2 aromatic rings. The zero-order valence-corrected chi connectivity index (χ0v) is 10.6. The number of nitrogens with one attached hydrogen (secondary N) is 1. The summed E-state index contributed by atoms with van der Waals surface area (Å²) in [5.41, 5.74) is -0.127. The molecule has 0 amide bonds. The van der Waals surface area contributed by atoms with Crippen molar-refractivity contribution in [3.8, 4) is 0 Å². The van der Waals surface area contributed by atoms with E-state index in [1.807, 2.05) is 0 Å². The highest BCUT2D eigenvalue weighted by Gasteiger charge is 2.12. The molecule has 2 rings (SSSR count). The Bertz CT molecular complexity index is 616. The average molecular weight is 287 g/mol. The van der Waals surface area contributed by atoms with Gasteiger partial charge < -0.3 is 4.72 Å². The zero-order chi connectivity index (χ0) is 14.0. The van der Waals surface area contributed by atoms with Crippen molar-refractivity contribution in [1.29, 1.82) is 0 Å². The van der Waals surface area contributed by atoms with Crippen molar-refractivity contribution in [2.75, 3.05) is 4.72 Å². The molecule has 2 aromatic carbocycles. The molecule has 0 radical (unpaired) electrons. The van der Waals surface area contributed by atoms with Crippen molar-refractivity contribution >= 4 is 17.6 Å². The highest BCUT2D eigenvalue weighted by Crippen LogP contribution is 2.28. The summed E-state index contributed by atoms with van der Waals surface area (Å²) in [6, 6.07) is 5.98. The van der Waals surface area contributed by atoms with Crippen LogP contribution in [0.5, 0.6) is 0 Å². The van der Waals surface area contributed by atoms with Crippen LogP contribution in [-0.4, -0.2) is 0 Å². The number of rotatable bonds is 3. The molecule has 0 aliphatic rings. The lowest BCUT2D eigenvalue weighted by Gasteiger charge is -2.09. The van der Waals surface area contributed by atoms with Crippen LogP contribution in [-0.2, 0) is 0 Å². The maximum Gasteiger partial charge on any atom is 0.174 e. The molecule has 6 heteroatoms. The maximum absolute atomic E-state index is 13.7. The lowest BCUT2D eigenvalue weighted by molar-refractivity contribution is 0.491. The normalized spacial score (nSPS) is 10.6. The van der Waals surface area contributed by atoms with E-state index in [0.29, 0.717) is 11.9 Å². The molecular weight excluding hydrogens is 278 g/mol. The molecule has 0 aromatic heterocycles. The average Bonchev–Trinajstić information content (AvgIpc) is 2.40. The van der Waals surface area contributed by atoms with Crippen LogP contribution in [0, 0.1) is 30.2 Å². The van der Waals surface area contributed by atoms with Gasteiger partial charge in [-0.25, -0.2) is 17.6 Å². The highest BCUT2D eigenvalue weighted by atomic mass is 32.2. The van der Waals surface area contributed by atoms with Crippen molar-refractivity contribution in [1.82, 2.24) is 0 Å². The number of hydrogen-bond donors (Lipinski definition) is 1. The largest absolute Gasteiger partial charge is 0.323 e. The van der Waals surface area contributed by atoms with Crippen LogP contribution >= 0.6 is 11.9 Å². The van der Waals surface area contributed by atoms with Crippen LogP contribution in [0.1, 0.15) is 5.56 Å². The second-order valence-electron chi connectivity index (χ2n) is 3.79. The molecule has 100 valence electrons. The van der Waals surface area contributed by atoms with Gasteiger partial charge in [0.15, 0.2) is 17.5 Å². The Morgan fingerprint density at radius 3 is 2.37 bits per heavy atom. The van der Waals surface area contributed by atoms with Crippen molar-refractivity contribution < 1.29 is 17.6 Å². The van der Waals surface area contributed by atoms with Crippen molar-refractivity contribution in [2.45, 2.75) is 11.8 Å². The van der Waals surface area contributed by atoms with Gasteiger partial charge in [0.2, 0.25) is 0 Å². The Morgan fingerprint density at radius 1 is 0.895 bits per heavy atom. The van der Waals surface area contributed by atoms with Gasteiger partial charge in [-0.2, -0.15) is 0 Å². The molecule has 0 fully saturated rings. The van der Waals surface area contributed by atoms with Crippen LogP contribution in [0.3, 0.4) is 0 Å². The highest BCUT2D eigenvalue weighted by molar-refractivity contribution is 8.00. The van der Waals surface area contributed by atoms with Gasteiger partial charge in [0.25, 0.3) is 0 Å². The van der Waals surface area contributed by atoms with Gasteiger partial charge in [-0.1, -0.05) is 6.07 Å². The minimum atomic E-state index is -1.01. The summed E-state index contributed by atoms with van der Waals surface area (Å²) >= 11 is 0.716. The molecule has 0 saturated heterocycles. The molecule has 1 nitrogen and oxygen atoms in total. The maximum atomic E-state index is 13.7. The molecular formula is C13H9F4NS. The van der Waals surface area contributed by atoms with E-state index in [2.05, 4.69) is 4.72 Å². The molecule has 0 bridgehead atoms. The molecule has 0 unspecified atom stereocenters. The first kappa shape index (κ1) is 13.7. The third-order valence-corrected chi connectivity index (χ3v) is 3.36. The molecule has 0 aliphatic carbocycles. The van der Waals surface area contributed by atoms with Gasteiger partial charge in [0.05, 0.1) is 10.6 Å². The summed E-state index contributed by atoms with van der Waals surface area (Å²) in [5.74, 6) is -3.42. The van der Waals surface area contributed by atoms with E-state index in [4.69, 9.17) is 0 Å². The lowest BCUT2D eigenvalue weighted by Crippen LogP contribution is -1.97. The van der Waals surface area contributed by atoms with Gasteiger partial charge in [-0.15, -0.1) is 0 Å². The zero-order valence-electron chi connectivity index (χ0n) is 9.81. The van der Waals surface area contributed by atoms with Gasteiger partial charge in [-0.05, 0) is 43.1 Å². The number of anilines is 1. The second-order valence-corrected chi connectivity index (χ2v) is 4.64. The van der Waals surface area contributed by atoms with Crippen LogP contribution < -0.4 is 4.72 Å². The first-order valence-electron chi connectivity index (χ1n) is 5.32. The fraction of sp³-hybridized carbons (Fsp3) is 0.0769. The Morgan fingerprint density at radius 2 is 1.63 bits per heavy atom. The molecule has 0 saturated carbocycles. The summed E-state index contributed by atoms with van der Waals surface area (Å²) < 4.78 is 55.6. The molecule has 19 heavy (non-hydrogen) atoms. The summed E-state index contributed by atoms with van der Waals surface area (Å²) in [5, 5.41) is 0. The van der Waals surface area contributed by atoms with Crippen molar-refractivity contribution in [3.05, 3.63) is 59.2 Å². The van der Waals surface area contributed by atoms with Gasteiger partial charge >= 0.3 is 0 Å². The van der Waals surface area contributed by atoms with E-state index in [9.17, 15) is 17.6 Å². The Hall–Kier alpha value is -1.69. The lowest BCUT2D eigenvalue weighted by atomic mass is 10.2. The molecule has 0 atom stereocenters. The molecule has 0 spiro atoms. The van der Waals surface area contributed by atoms with Crippen LogP contribution in [0.4, 0.5) is 23.2 Å². The Labute approximate surface area is 111 Å². The van der Waals surface area contributed by atoms with E-state index in [1.165, 1.54) is 25.1 Å². The topological polar surface area (TPSA) is 12.0 Å². The number of hydrogen-bond acceptors (Lipinski definition) is 2. The van der Waals surface area contributed by atoms with Gasteiger partial charge in [0.1, 0.15) is 5.82 Å². The fourth-order valence-corrected chi connectivity index (χ4v) is 2.12. The third kappa shape index (κ3) is 2.84. The SMILES string of the molecule is Cc1c(F)ccc(NSc2cccc(F)c2F)c1F. The predicted molar refractivity (Wildman–Crippen MR) is 66.9 cm³/mol. The molecule has 1 N–H and O–H groups in total. The van der Waals surface area contributed by atoms with Gasteiger partial charge in [0, 0.05) is 5.56 Å². The first-order chi connectivity index (χ1) is 9.00. The quantitative estimate of drug-likeness (QED) is 0.650. The Kier molecular flexibility index (Phi) is 3.99. The third-order valence-electron chi connectivity index (χ3n) is 2.51. The summed E-state index contributed by atoms with van der Waals surface area (Å²) in [4.78, 5) is -0.0126. The Balaban J connectivity index is 2.20. The van der Waals surface area contributed by atoms with E-state index in [1.54, 1.807) is 0 Å². The minimum absolute atomic E-state index is 0.00700. The number of halogens is 4. The predicted octanol–water partition coefficient (Wildman–Crippen LogP) is 4.67. The first-order valence-corrected chi connectivity index (χ1v) is 6.14. The summed E-state index contributed by atoms with van der Waals surface area (Å²) in [6.45, 7) is 1.29. The van der Waals surface area contributed by atoms with Crippen LogP contribution in [0.2, 0.25) is 0 Å². The van der Waals surface area contributed by atoms with Gasteiger partial charge in [-0.3, -0.25) is 0 Å². The van der Waals surface area contributed by atoms with E-state index < -0.39 is 23.3 Å². The smallest absolute Gasteiger partial charge is 0.174 e. The summed E-state index contributed by atoms with van der Waals surface area (Å²) in [6.07, 6.45) is 0. The monoisotopic (exact) mass is 287 g/mol. The van der Waals surface area contributed by atoms with Crippen LogP contribution in [0.25, 0.3) is 0 Å². The second kappa shape index (κ2) is 5.52. The minimum Gasteiger partial charge on any atom is -0.323 e. The molecule has 0 heterocycles. The van der Waals surface area contributed by atoms with Crippen molar-refractivity contribution in [3.63, 3.8) is 0 Å². The standard InChI is InChI=1S/C13H9F4NS/c1-7-8(14)5-6-10(12(7)16)18-19-11-4-2-3-9(15)13(11)17/h2-6,18H,1H3. The van der Waals surface area contributed by atoms with E-state index in [0.717, 1.165) is 12.1 Å². The summed E-state index contributed by atoms with van der Waals surface area (Å²) in [7, 11) is 0. The number of benzene rings is 2. The van der Waals surface area contributed by atoms with E-state index in [-0.39, 0.29) is 16.1 Å². The van der Waals surface area contributed by atoms with E-state index >= 15 is 0 Å². The van der Waals surface area contributed by atoms with Crippen molar-refractivity contribution in [2.24, 2.45) is 0 Å². The molecule has 0 aliphatic heterocycles. The fourth-order valence-electron chi connectivity index (χ4n) is 1.41. The van der Waals surface area contributed by atoms with Crippen LogP contribution in [0.15, 0.2) is 35.2 Å².